The summed E-state index contributed by atoms with van der Waals surface area (Å²) in [5.74, 6) is 0.170. The molecule has 27 heavy (non-hydrogen) atoms. The summed E-state index contributed by atoms with van der Waals surface area (Å²) < 4.78 is 0. The van der Waals surface area contributed by atoms with Crippen LogP contribution in [0.3, 0.4) is 0 Å². The second-order valence-electron chi connectivity index (χ2n) is 7.12. The molecule has 2 amide bonds. The second kappa shape index (κ2) is 6.83. The first-order chi connectivity index (χ1) is 13.0. The van der Waals surface area contributed by atoms with E-state index in [9.17, 15) is 9.59 Å². The van der Waals surface area contributed by atoms with Crippen LogP contribution in [0.15, 0.2) is 54.6 Å². The Bertz CT molecular complexity index is 1040. The first kappa shape index (κ1) is 17.2. The predicted molar refractivity (Wildman–Crippen MR) is 106 cm³/mol. The fourth-order valence-electron chi connectivity index (χ4n) is 3.16. The molecule has 0 bridgehead atoms. The molecule has 0 unspecified atom stereocenters. The van der Waals surface area contributed by atoms with Crippen molar-refractivity contribution in [2.75, 3.05) is 19.4 Å². The van der Waals surface area contributed by atoms with Crippen molar-refractivity contribution in [1.29, 1.82) is 0 Å². The summed E-state index contributed by atoms with van der Waals surface area (Å²) >= 11 is 0. The number of para-hydroxylation sites is 1. The Balaban J connectivity index is 1.67. The Hall–Kier alpha value is -3.21. The van der Waals surface area contributed by atoms with Gasteiger partial charge in [0.15, 0.2) is 0 Å². The van der Waals surface area contributed by atoms with E-state index in [1.54, 1.807) is 38.4 Å². The number of rotatable bonds is 4. The largest absolute Gasteiger partial charge is 0.345 e. The van der Waals surface area contributed by atoms with E-state index in [-0.39, 0.29) is 11.8 Å². The standard InChI is InChI=1S/C22H21N3O2/c1-25(2)22(27)15-6-5-7-16(12-15)23-21(26)18-13-20(14-10-11-14)24-19-9-4-3-8-17(18)19/h3-9,12-14H,10-11H2,1-2H3,(H,23,26). The van der Waals surface area contributed by atoms with E-state index in [4.69, 9.17) is 4.98 Å². The quantitative estimate of drug-likeness (QED) is 0.764. The van der Waals surface area contributed by atoms with Gasteiger partial charge in [0.2, 0.25) is 0 Å². The second-order valence-corrected chi connectivity index (χ2v) is 7.12. The number of hydrogen-bond donors (Lipinski definition) is 1. The average Bonchev–Trinajstić information content (AvgIpc) is 3.52. The van der Waals surface area contributed by atoms with Crippen LogP contribution in [0.25, 0.3) is 10.9 Å². The molecular formula is C22H21N3O2. The first-order valence-electron chi connectivity index (χ1n) is 9.05. The van der Waals surface area contributed by atoms with Gasteiger partial charge in [0.05, 0.1) is 11.1 Å². The molecule has 4 rings (SSSR count). The highest BCUT2D eigenvalue weighted by atomic mass is 16.2. The molecule has 1 aromatic heterocycles. The van der Waals surface area contributed by atoms with Gasteiger partial charge < -0.3 is 10.2 Å². The summed E-state index contributed by atoms with van der Waals surface area (Å²) in [6.45, 7) is 0. The van der Waals surface area contributed by atoms with Gasteiger partial charge in [0, 0.05) is 42.3 Å². The van der Waals surface area contributed by atoms with Gasteiger partial charge in [-0.25, -0.2) is 0 Å². The molecule has 0 atom stereocenters. The molecule has 1 N–H and O–H groups in total. The Kier molecular flexibility index (Phi) is 4.36. The lowest BCUT2D eigenvalue weighted by molar-refractivity contribution is 0.0827. The number of hydrogen-bond acceptors (Lipinski definition) is 3. The van der Waals surface area contributed by atoms with E-state index in [1.807, 2.05) is 30.3 Å². The summed E-state index contributed by atoms with van der Waals surface area (Å²) in [6, 6.07) is 16.6. The van der Waals surface area contributed by atoms with Crippen molar-refractivity contribution < 1.29 is 9.59 Å². The highest BCUT2D eigenvalue weighted by Crippen LogP contribution is 2.40. The van der Waals surface area contributed by atoms with E-state index in [2.05, 4.69) is 5.32 Å². The van der Waals surface area contributed by atoms with E-state index in [1.165, 1.54) is 4.90 Å². The minimum Gasteiger partial charge on any atom is -0.345 e. The van der Waals surface area contributed by atoms with Crippen LogP contribution in [0.2, 0.25) is 0 Å². The van der Waals surface area contributed by atoms with Gasteiger partial charge in [-0.1, -0.05) is 24.3 Å². The summed E-state index contributed by atoms with van der Waals surface area (Å²) in [7, 11) is 3.41. The zero-order valence-corrected chi connectivity index (χ0v) is 15.4. The molecule has 0 saturated heterocycles. The number of fused-ring (bicyclic) bond motifs is 1. The number of anilines is 1. The maximum Gasteiger partial charge on any atom is 0.256 e. The van der Waals surface area contributed by atoms with Crippen LogP contribution in [0.4, 0.5) is 5.69 Å². The molecular weight excluding hydrogens is 338 g/mol. The van der Waals surface area contributed by atoms with Crippen molar-refractivity contribution in [2.24, 2.45) is 0 Å². The minimum absolute atomic E-state index is 0.100. The monoisotopic (exact) mass is 359 g/mol. The number of pyridine rings is 1. The predicted octanol–water partition coefficient (Wildman–Crippen LogP) is 4.07. The fraction of sp³-hybridized carbons (Fsp3) is 0.227. The first-order valence-corrected chi connectivity index (χ1v) is 9.05. The number of carbonyl (C=O) groups is 2. The van der Waals surface area contributed by atoms with Gasteiger partial charge in [0.1, 0.15) is 0 Å². The minimum atomic E-state index is -0.190. The zero-order chi connectivity index (χ0) is 19.0. The zero-order valence-electron chi connectivity index (χ0n) is 15.4. The van der Waals surface area contributed by atoms with E-state index in [0.29, 0.717) is 22.7 Å². The summed E-state index contributed by atoms with van der Waals surface area (Å²) in [4.78, 5) is 31.4. The molecule has 1 fully saturated rings. The Morgan fingerprint density at radius 1 is 1.04 bits per heavy atom. The molecule has 1 aliphatic carbocycles. The van der Waals surface area contributed by atoms with Crippen molar-refractivity contribution in [3.8, 4) is 0 Å². The number of benzene rings is 2. The number of carbonyl (C=O) groups excluding carboxylic acids is 2. The average molecular weight is 359 g/mol. The number of nitrogens with one attached hydrogen (secondary N) is 1. The highest BCUT2D eigenvalue weighted by Gasteiger charge is 2.27. The van der Waals surface area contributed by atoms with E-state index in [0.717, 1.165) is 29.4 Å². The van der Waals surface area contributed by atoms with Crippen LogP contribution < -0.4 is 5.32 Å². The number of aromatic nitrogens is 1. The number of nitrogens with zero attached hydrogens (tertiary/aromatic N) is 2. The lowest BCUT2D eigenvalue weighted by atomic mass is 10.0. The van der Waals surface area contributed by atoms with Gasteiger partial charge in [-0.15, -0.1) is 0 Å². The SMILES string of the molecule is CN(C)C(=O)c1cccc(NC(=O)c2cc(C3CC3)nc3ccccc23)c1. The highest BCUT2D eigenvalue weighted by molar-refractivity contribution is 6.12. The molecule has 1 saturated carbocycles. The Labute approximate surface area is 158 Å². The molecule has 5 heteroatoms. The molecule has 0 radical (unpaired) electrons. The van der Waals surface area contributed by atoms with Crippen LogP contribution in [0.5, 0.6) is 0 Å². The normalized spacial score (nSPS) is 13.4. The van der Waals surface area contributed by atoms with Crippen molar-refractivity contribution in [3.05, 3.63) is 71.4 Å². The van der Waals surface area contributed by atoms with Crippen LogP contribution in [-0.4, -0.2) is 35.8 Å². The summed E-state index contributed by atoms with van der Waals surface area (Å²) in [5.41, 5.74) is 3.57. The van der Waals surface area contributed by atoms with E-state index < -0.39 is 0 Å². The summed E-state index contributed by atoms with van der Waals surface area (Å²) in [5, 5.41) is 3.77. The van der Waals surface area contributed by atoms with Crippen LogP contribution in [0.1, 0.15) is 45.2 Å². The molecule has 5 nitrogen and oxygen atoms in total. The molecule has 3 aromatic rings. The van der Waals surface area contributed by atoms with Gasteiger partial charge in [-0.05, 0) is 43.2 Å². The van der Waals surface area contributed by atoms with E-state index >= 15 is 0 Å². The number of amides is 2. The van der Waals surface area contributed by atoms with Crippen molar-refractivity contribution >= 4 is 28.4 Å². The summed E-state index contributed by atoms with van der Waals surface area (Å²) in [6.07, 6.45) is 2.25. The fourth-order valence-corrected chi connectivity index (χ4v) is 3.16. The van der Waals surface area contributed by atoms with Crippen molar-refractivity contribution in [2.45, 2.75) is 18.8 Å². The van der Waals surface area contributed by atoms with Crippen molar-refractivity contribution in [1.82, 2.24) is 9.88 Å². The molecule has 0 spiro atoms. The van der Waals surface area contributed by atoms with Gasteiger partial charge in [0.25, 0.3) is 11.8 Å². The lowest BCUT2D eigenvalue weighted by Crippen LogP contribution is -2.22. The third kappa shape index (κ3) is 3.53. The Morgan fingerprint density at radius 2 is 1.81 bits per heavy atom. The maximum absolute atomic E-state index is 13.0. The molecule has 136 valence electrons. The Morgan fingerprint density at radius 3 is 2.56 bits per heavy atom. The lowest BCUT2D eigenvalue weighted by Gasteiger charge is -2.13. The third-order valence-electron chi connectivity index (χ3n) is 4.75. The maximum atomic E-state index is 13.0. The van der Waals surface area contributed by atoms with Crippen molar-refractivity contribution in [3.63, 3.8) is 0 Å². The van der Waals surface area contributed by atoms with Crippen LogP contribution in [0, 0.1) is 0 Å². The van der Waals surface area contributed by atoms with Crippen LogP contribution >= 0.6 is 0 Å². The molecule has 1 aliphatic rings. The molecule has 1 heterocycles. The van der Waals surface area contributed by atoms with Crippen LogP contribution in [-0.2, 0) is 0 Å². The van der Waals surface area contributed by atoms with Gasteiger partial charge >= 0.3 is 0 Å². The molecule has 0 aliphatic heterocycles. The third-order valence-corrected chi connectivity index (χ3v) is 4.75. The topological polar surface area (TPSA) is 62.3 Å². The van der Waals surface area contributed by atoms with Gasteiger partial charge in [-0.3, -0.25) is 14.6 Å². The van der Waals surface area contributed by atoms with Gasteiger partial charge in [-0.2, -0.15) is 0 Å². The smallest absolute Gasteiger partial charge is 0.256 e. The molecule has 2 aromatic carbocycles.